The van der Waals surface area contributed by atoms with E-state index in [1.165, 1.54) is 6.08 Å². The maximum atomic E-state index is 11.2. The van der Waals surface area contributed by atoms with Crippen molar-refractivity contribution in [3.05, 3.63) is 29.3 Å². The number of amides is 1. The molecule has 0 saturated carbocycles. The molecule has 0 spiro atoms. The topological polar surface area (TPSA) is 61.8 Å². The van der Waals surface area contributed by atoms with E-state index < -0.39 is 0 Å². The van der Waals surface area contributed by atoms with Crippen molar-refractivity contribution in [2.75, 3.05) is 13.1 Å². The predicted octanol–water partition coefficient (Wildman–Crippen LogP) is 1.25. The maximum absolute atomic E-state index is 11.2. The number of aromatic hydroxyl groups is 1. The van der Waals surface area contributed by atoms with Crippen LogP contribution < -0.4 is 10.3 Å². The van der Waals surface area contributed by atoms with Gasteiger partial charge in [0.15, 0.2) is 5.75 Å². The summed E-state index contributed by atoms with van der Waals surface area (Å²) in [5.74, 6) is -0.0187. The van der Waals surface area contributed by atoms with Gasteiger partial charge in [-0.2, -0.15) is 5.48 Å². The van der Waals surface area contributed by atoms with E-state index in [1.54, 1.807) is 6.08 Å². The van der Waals surface area contributed by atoms with Gasteiger partial charge in [-0.15, -0.1) is 11.6 Å². The lowest BCUT2D eigenvalue weighted by molar-refractivity contribution is -0.122. The average molecular weight is 281 g/mol. The molecule has 6 heteroatoms. The number of nitrogens with one attached hydrogen (secondary N) is 1. The summed E-state index contributed by atoms with van der Waals surface area (Å²) in [6, 6.07) is 3.65. The second-order valence-corrected chi connectivity index (χ2v) is 5.30. The minimum absolute atomic E-state index is 0.0578. The van der Waals surface area contributed by atoms with Crippen molar-refractivity contribution in [3.8, 4) is 11.5 Å². The number of phenolic OH excluding ortho intramolecular Hbond substituents is 1. The zero-order valence-electron chi connectivity index (χ0n) is 10.1. The van der Waals surface area contributed by atoms with Crippen LogP contribution >= 0.6 is 11.6 Å². The number of benzene rings is 1. The Bertz CT molecular complexity index is 553. The van der Waals surface area contributed by atoms with Crippen molar-refractivity contribution in [1.82, 2.24) is 10.4 Å². The summed E-state index contributed by atoms with van der Waals surface area (Å²) in [6.45, 7) is 2.24. The lowest BCUT2D eigenvalue weighted by Gasteiger charge is -2.35. The fraction of sp³-hybridized carbons (Fsp3) is 0.308. The van der Waals surface area contributed by atoms with Crippen LogP contribution in [0.25, 0.3) is 6.08 Å². The molecule has 2 N–H and O–H groups in total. The first kappa shape index (κ1) is 12.3. The van der Waals surface area contributed by atoms with Gasteiger partial charge in [0.25, 0.3) is 5.91 Å². The van der Waals surface area contributed by atoms with Crippen molar-refractivity contribution in [2.45, 2.75) is 11.9 Å². The van der Waals surface area contributed by atoms with E-state index in [1.807, 2.05) is 12.1 Å². The van der Waals surface area contributed by atoms with Crippen LogP contribution in [0.2, 0.25) is 0 Å². The van der Waals surface area contributed by atoms with Gasteiger partial charge >= 0.3 is 0 Å². The summed E-state index contributed by atoms with van der Waals surface area (Å²) in [6.07, 6.45) is 2.97. The third-order valence-corrected chi connectivity index (χ3v) is 3.50. The third-order valence-electron chi connectivity index (χ3n) is 3.22. The average Bonchev–Trinajstić information content (AvgIpc) is 2.53. The van der Waals surface area contributed by atoms with Crippen LogP contribution in [0.15, 0.2) is 18.2 Å². The van der Waals surface area contributed by atoms with Crippen LogP contribution in [-0.4, -0.2) is 34.4 Å². The van der Waals surface area contributed by atoms with E-state index in [-0.39, 0.29) is 22.8 Å². The molecule has 2 aliphatic rings. The standard InChI is InChI=1S/C13H13ClN2O3/c14-10-6-16(7-10)5-9-2-1-8-3-4-11(17)15-19-13(8)12(9)18/h1-4,10,18H,5-7H2,(H,15,17). The molecule has 1 fully saturated rings. The quantitative estimate of drug-likeness (QED) is 0.801. The number of halogens is 1. The van der Waals surface area contributed by atoms with E-state index in [0.717, 1.165) is 18.7 Å². The molecule has 19 heavy (non-hydrogen) atoms. The summed E-state index contributed by atoms with van der Waals surface area (Å²) >= 11 is 5.92. The molecule has 0 radical (unpaired) electrons. The van der Waals surface area contributed by atoms with E-state index in [2.05, 4.69) is 10.4 Å². The zero-order chi connectivity index (χ0) is 13.4. The molecule has 3 rings (SSSR count). The highest BCUT2D eigenvalue weighted by Crippen LogP contribution is 2.36. The second kappa shape index (κ2) is 4.75. The third kappa shape index (κ3) is 2.39. The lowest BCUT2D eigenvalue weighted by Crippen LogP contribution is -2.46. The Labute approximate surface area is 115 Å². The number of carbonyl (C=O) groups excluding carboxylic acids is 1. The van der Waals surface area contributed by atoms with Crippen LogP contribution in [0, 0.1) is 0 Å². The van der Waals surface area contributed by atoms with Gasteiger partial charge in [-0.1, -0.05) is 12.1 Å². The summed E-state index contributed by atoms with van der Waals surface area (Å²) in [7, 11) is 0. The van der Waals surface area contributed by atoms with Gasteiger partial charge in [-0.25, -0.2) is 0 Å². The van der Waals surface area contributed by atoms with Crippen LogP contribution in [0.3, 0.4) is 0 Å². The van der Waals surface area contributed by atoms with Crippen LogP contribution in [0.5, 0.6) is 11.5 Å². The number of hydroxylamine groups is 1. The largest absolute Gasteiger partial charge is 0.504 e. The molecule has 0 aliphatic carbocycles. The molecule has 1 aromatic carbocycles. The molecular weight excluding hydrogens is 268 g/mol. The van der Waals surface area contributed by atoms with E-state index >= 15 is 0 Å². The van der Waals surface area contributed by atoms with Crippen molar-refractivity contribution < 1.29 is 14.7 Å². The first-order chi connectivity index (χ1) is 9.13. The molecule has 0 atom stereocenters. The van der Waals surface area contributed by atoms with Gasteiger partial charge in [0.1, 0.15) is 0 Å². The summed E-state index contributed by atoms with van der Waals surface area (Å²) in [5, 5.41) is 10.4. The van der Waals surface area contributed by atoms with Gasteiger partial charge in [0.05, 0.1) is 5.38 Å². The fourth-order valence-corrected chi connectivity index (χ4v) is 2.56. The molecule has 0 aromatic heterocycles. The summed E-state index contributed by atoms with van der Waals surface area (Å²) in [5.41, 5.74) is 3.66. The number of carbonyl (C=O) groups is 1. The van der Waals surface area contributed by atoms with Gasteiger partial charge in [0, 0.05) is 36.8 Å². The number of alkyl halides is 1. The SMILES string of the molecule is O=C1C=Cc2ccc(CN3CC(Cl)C3)c(O)c2ON1. The first-order valence-electron chi connectivity index (χ1n) is 5.99. The molecule has 2 heterocycles. The lowest BCUT2D eigenvalue weighted by atomic mass is 10.1. The monoisotopic (exact) mass is 280 g/mol. The van der Waals surface area contributed by atoms with E-state index in [4.69, 9.17) is 16.4 Å². The van der Waals surface area contributed by atoms with Crippen LogP contribution in [0.1, 0.15) is 11.1 Å². The highest BCUT2D eigenvalue weighted by atomic mass is 35.5. The van der Waals surface area contributed by atoms with Crippen molar-refractivity contribution in [3.63, 3.8) is 0 Å². The van der Waals surface area contributed by atoms with Gasteiger partial charge in [0.2, 0.25) is 5.75 Å². The number of nitrogens with zero attached hydrogens (tertiary/aromatic N) is 1. The molecule has 0 unspecified atom stereocenters. The van der Waals surface area contributed by atoms with Crippen molar-refractivity contribution in [1.29, 1.82) is 0 Å². The molecule has 1 aromatic rings. The molecule has 2 aliphatic heterocycles. The molecule has 1 amide bonds. The Morgan fingerprint density at radius 1 is 1.42 bits per heavy atom. The minimum Gasteiger partial charge on any atom is -0.504 e. The number of hydrogen-bond acceptors (Lipinski definition) is 4. The smallest absolute Gasteiger partial charge is 0.276 e. The van der Waals surface area contributed by atoms with E-state index in [0.29, 0.717) is 12.1 Å². The Hall–Kier alpha value is -1.72. The number of phenols is 1. The van der Waals surface area contributed by atoms with E-state index in [9.17, 15) is 9.90 Å². The van der Waals surface area contributed by atoms with Gasteiger partial charge in [-0.3, -0.25) is 9.69 Å². The Morgan fingerprint density at radius 3 is 2.95 bits per heavy atom. The summed E-state index contributed by atoms with van der Waals surface area (Å²) in [4.78, 5) is 18.4. The van der Waals surface area contributed by atoms with Crippen molar-refractivity contribution in [2.24, 2.45) is 0 Å². The maximum Gasteiger partial charge on any atom is 0.276 e. The highest BCUT2D eigenvalue weighted by Gasteiger charge is 2.26. The number of hydrogen-bond donors (Lipinski definition) is 2. The highest BCUT2D eigenvalue weighted by molar-refractivity contribution is 6.21. The van der Waals surface area contributed by atoms with Gasteiger partial charge < -0.3 is 9.94 Å². The number of likely N-dealkylation sites (tertiary alicyclic amines) is 1. The van der Waals surface area contributed by atoms with Crippen LogP contribution in [-0.2, 0) is 11.3 Å². The molecule has 1 saturated heterocycles. The van der Waals surface area contributed by atoms with Gasteiger partial charge in [-0.05, 0) is 6.08 Å². The normalized spacial score (nSPS) is 19.1. The van der Waals surface area contributed by atoms with Crippen molar-refractivity contribution >= 4 is 23.6 Å². The zero-order valence-corrected chi connectivity index (χ0v) is 10.9. The summed E-state index contributed by atoms with van der Waals surface area (Å²) < 4.78 is 0. The Kier molecular flexibility index (Phi) is 3.08. The molecule has 0 bridgehead atoms. The molecule has 100 valence electrons. The molecular formula is C13H13ClN2O3. The first-order valence-corrected chi connectivity index (χ1v) is 6.43. The number of fused-ring (bicyclic) bond motifs is 1. The minimum atomic E-state index is -0.357. The Morgan fingerprint density at radius 2 is 2.21 bits per heavy atom. The Balaban J connectivity index is 1.85. The molecule has 5 nitrogen and oxygen atoms in total. The predicted molar refractivity (Wildman–Crippen MR) is 70.8 cm³/mol. The fourth-order valence-electron chi connectivity index (χ4n) is 2.17. The second-order valence-electron chi connectivity index (χ2n) is 4.68. The number of rotatable bonds is 2. The van der Waals surface area contributed by atoms with Crippen LogP contribution in [0.4, 0.5) is 0 Å².